The fourth-order valence-electron chi connectivity index (χ4n) is 1.53. The van der Waals surface area contributed by atoms with Crippen LogP contribution in [-0.2, 0) is 0 Å². The molecule has 17 heavy (non-hydrogen) atoms. The quantitative estimate of drug-likeness (QED) is 0.572. The van der Waals surface area contributed by atoms with E-state index >= 15 is 0 Å². The highest BCUT2D eigenvalue weighted by Gasteiger charge is 2.12. The van der Waals surface area contributed by atoms with Crippen LogP contribution in [0.25, 0.3) is 0 Å². The van der Waals surface area contributed by atoms with Crippen LogP contribution in [0, 0.1) is 10.5 Å². The van der Waals surface area contributed by atoms with E-state index in [0.29, 0.717) is 16.1 Å². The van der Waals surface area contributed by atoms with E-state index in [1.165, 1.54) is 0 Å². The Hall–Kier alpha value is -0.870. The summed E-state index contributed by atoms with van der Waals surface area (Å²) in [5, 5.41) is 0.584. The summed E-state index contributed by atoms with van der Waals surface area (Å²) in [4.78, 5) is 12.3. The molecular formula is C14H10ClIO. The highest BCUT2D eigenvalue weighted by Crippen LogP contribution is 2.21. The Balaban J connectivity index is 2.43. The Morgan fingerprint density at radius 3 is 2.41 bits per heavy atom. The van der Waals surface area contributed by atoms with Gasteiger partial charge in [0.05, 0.1) is 0 Å². The van der Waals surface area contributed by atoms with Gasteiger partial charge in [0.15, 0.2) is 5.78 Å². The Morgan fingerprint density at radius 1 is 1.12 bits per heavy atom. The lowest BCUT2D eigenvalue weighted by molar-refractivity contribution is 0.103. The van der Waals surface area contributed by atoms with Gasteiger partial charge in [0, 0.05) is 19.7 Å². The SMILES string of the molecule is Cc1ccc(C(=O)c2cc(Cl)ccc2I)cc1. The molecule has 2 rings (SSSR count). The number of ketones is 1. The van der Waals surface area contributed by atoms with Gasteiger partial charge in [-0.2, -0.15) is 0 Å². The smallest absolute Gasteiger partial charge is 0.194 e. The lowest BCUT2D eigenvalue weighted by atomic mass is 10.0. The molecule has 2 aromatic rings. The van der Waals surface area contributed by atoms with Crippen molar-refractivity contribution in [3.63, 3.8) is 0 Å². The number of halogens is 2. The zero-order chi connectivity index (χ0) is 12.4. The van der Waals surface area contributed by atoms with E-state index in [2.05, 4.69) is 22.6 Å². The highest BCUT2D eigenvalue weighted by atomic mass is 127. The van der Waals surface area contributed by atoms with E-state index in [1.54, 1.807) is 12.1 Å². The van der Waals surface area contributed by atoms with Crippen molar-refractivity contribution < 1.29 is 4.79 Å². The van der Waals surface area contributed by atoms with Crippen LogP contribution in [0.5, 0.6) is 0 Å². The Labute approximate surface area is 119 Å². The summed E-state index contributed by atoms with van der Waals surface area (Å²) in [5.74, 6) is 0.0110. The maximum absolute atomic E-state index is 12.3. The van der Waals surface area contributed by atoms with Crippen molar-refractivity contribution in [2.75, 3.05) is 0 Å². The van der Waals surface area contributed by atoms with Gasteiger partial charge in [0.25, 0.3) is 0 Å². The molecule has 0 saturated carbocycles. The van der Waals surface area contributed by atoms with Crippen molar-refractivity contribution in [2.45, 2.75) is 6.92 Å². The first kappa shape index (κ1) is 12.6. The lowest BCUT2D eigenvalue weighted by Crippen LogP contribution is -2.03. The molecule has 3 heteroatoms. The maximum atomic E-state index is 12.3. The molecule has 0 aliphatic carbocycles. The van der Waals surface area contributed by atoms with E-state index < -0.39 is 0 Å². The third-order valence-electron chi connectivity index (χ3n) is 2.49. The molecule has 0 atom stereocenters. The van der Waals surface area contributed by atoms with Gasteiger partial charge in [0.2, 0.25) is 0 Å². The van der Waals surface area contributed by atoms with E-state index in [9.17, 15) is 4.79 Å². The summed E-state index contributed by atoms with van der Waals surface area (Å²) in [5.41, 5.74) is 2.49. The standard InChI is InChI=1S/C14H10ClIO/c1-9-2-4-10(5-3-9)14(17)12-8-11(15)6-7-13(12)16/h2-8H,1H3. The van der Waals surface area contributed by atoms with Crippen molar-refractivity contribution in [1.29, 1.82) is 0 Å². The fourth-order valence-corrected chi connectivity index (χ4v) is 2.28. The second-order valence-corrected chi connectivity index (χ2v) is 5.42. The van der Waals surface area contributed by atoms with E-state index in [1.807, 2.05) is 37.3 Å². The average molecular weight is 357 g/mol. The molecule has 0 N–H and O–H groups in total. The number of carbonyl (C=O) groups is 1. The monoisotopic (exact) mass is 356 g/mol. The van der Waals surface area contributed by atoms with E-state index in [-0.39, 0.29) is 5.78 Å². The van der Waals surface area contributed by atoms with Crippen LogP contribution in [0.2, 0.25) is 5.02 Å². The van der Waals surface area contributed by atoms with Crippen LogP contribution in [0.1, 0.15) is 21.5 Å². The number of hydrogen-bond acceptors (Lipinski definition) is 1. The third kappa shape index (κ3) is 2.87. The minimum atomic E-state index is 0.0110. The maximum Gasteiger partial charge on any atom is 0.194 e. The molecule has 0 heterocycles. The summed E-state index contributed by atoms with van der Waals surface area (Å²) < 4.78 is 0.914. The molecule has 0 aliphatic heterocycles. The number of benzene rings is 2. The second kappa shape index (κ2) is 5.19. The molecule has 0 spiro atoms. The highest BCUT2D eigenvalue weighted by molar-refractivity contribution is 14.1. The van der Waals surface area contributed by atoms with Gasteiger partial charge >= 0.3 is 0 Å². The van der Waals surface area contributed by atoms with Crippen molar-refractivity contribution in [3.05, 3.63) is 67.7 Å². The van der Waals surface area contributed by atoms with Crippen LogP contribution < -0.4 is 0 Å². The summed E-state index contributed by atoms with van der Waals surface area (Å²) in [6, 6.07) is 12.9. The lowest BCUT2D eigenvalue weighted by Gasteiger charge is -2.05. The van der Waals surface area contributed by atoms with Crippen LogP contribution in [0.3, 0.4) is 0 Å². The first-order valence-electron chi connectivity index (χ1n) is 5.14. The molecule has 0 amide bonds. The second-order valence-electron chi connectivity index (χ2n) is 3.82. The van der Waals surface area contributed by atoms with Gasteiger partial charge < -0.3 is 0 Å². The van der Waals surface area contributed by atoms with Gasteiger partial charge in [-0.25, -0.2) is 0 Å². The molecular weight excluding hydrogens is 347 g/mol. The number of carbonyl (C=O) groups excluding carboxylic acids is 1. The Bertz CT molecular complexity index is 561. The molecule has 0 unspecified atom stereocenters. The zero-order valence-corrected chi connectivity index (χ0v) is 12.1. The molecule has 2 aromatic carbocycles. The number of aryl methyl sites for hydroxylation is 1. The molecule has 0 radical (unpaired) electrons. The van der Waals surface area contributed by atoms with Crippen molar-refractivity contribution in [2.24, 2.45) is 0 Å². The molecule has 0 bridgehead atoms. The summed E-state index contributed by atoms with van der Waals surface area (Å²) >= 11 is 8.06. The molecule has 1 nitrogen and oxygen atoms in total. The van der Waals surface area contributed by atoms with Gasteiger partial charge in [-0.15, -0.1) is 0 Å². The number of rotatable bonds is 2. The van der Waals surface area contributed by atoms with Crippen LogP contribution >= 0.6 is 34.2 Å². The first-order valence-corrected chi connectivity index (χ1v) is 6.60. The first-order chi connectivity index (χ1) is 8.08. The topological polar surface area (TPSA) is 17.1 Å². The summed E-state index contributed by atoms with van der Waals surface area (Å²) in [6.45, 7) is 2.00. The average Bonchev–Trinajstić information content (AvgIpc) is 2.32. The van der Waals surface area contributed by atoms with Gasteiger partial charge in [-0.3, -0.25) is 4.79 Å². The van der Waals surface area contributed by atoms with Gasteiger partial charge in [-0.1, -0.05) is 41.4 Å². The third-order valence-corrected chi connectivity index (χ3v) is 3.66. The normalized spacial score (nSPS) is 10.3. The predicted octanol–water partition coefficient (Wildman–Crippen LogP) is 4.48. The van der Waals surface area contributed by atoms with Crippen molar-refractivity contribution in [1.82, 2.24) is 0 Å². The predicted molar refractivity (Wildman–Crippen MR) is 78.8 cm³/mol. The molecule has 86 valence electrons. The molecule has 0 fully saturated rings. The van der Waals surface area contributed by atoms with Crippen molar-refractivity contribution in [3.8, 4) is 0 Å². The van der Waals surface area contributed by atoms with Gasteiger partial charge in [-0.05, 0) is 47.7 Å². The zero-order valence-electron chi connectivity index (χ0n) is 9.21. The minimum absolute atomic E-state index is 0.0110. The van der Waals surface area contributed by atoms with Crippen LogP contribution in [0.15, 0.2) is 42.5 Å². The Kier molecular flexibility index (Phi) is 3.84. The minimum Gasteiger partial charge on any atom is -0.289 e. The largest absolute Gasteiger partial charge is 0.289 e. The van der Waals surface area contributed by atoms with Gasteiger partial charge in [0.1, 0.15) is 0 Å². The summed E-state index contributed by atoms with van der Waals surface area (Å²) in [7, 11) is 0. The van der Waals surface area contributed by atoms with E-state index in [4.69, 9.17) is 11.6 Å². The van der Waals surface area contributed by atoms with Crippen LogP contribution in [-0.4, -0.2) is 5.78 Å². The Morgan fingerprint density at radius 2 is 1.76 bits per heavy atom. The molecule has 0 aliphatic rings. The fraction of sp³-hybridized carbons (Fsp3) is 0.0714. The van der Waals surface area contributed by atoms with Crippen molar-refractivity contribution >= 4 is 40.0 Å². The van der Waals surface area contributed by atoms with E-state index in [0.717, 1.165) is 9.13 Å². The molecule has 0 saturated heterocycles. The summed E-state index contributed by atoms with van der Waals surface area (Å²) in [6.07, 6.45) is 0. The van der Waals surface area contributed by atoms with Crippen LogP contribution in [0.4, 0.5) is 0 Å². The molecule has 0 aromatic heterocycles. The number of hydrogen-bond donors (Lipinski definition) is 0.